The predicted molar refractivity (Wildman–Crippen MR) is 89.5 cm³/mol. The Kier molecular flexibility index (Phi) is 5.19. The number of hydrogen-bond donors (Lipinski definition) is 0. The fourth-order valence-corrected chi connectivity index (χ4v) is 4.62. The molecule has 4 nitrogen and oxygen atoms in total. The summed E-state index contributed by atoms with van der Waals surface area (Å²) in [5.74, 6) is 0. The summed E-state index contributed by atoms with van der Waals surface area (Å²) in [6.45, 7) is 2.18. The van der Waals surface area contributed by atoms with Crippen LogP contribution < -0.4 is 0 Å². The first kappa shape index (κ1) is 16.6. The maximum Gasteiger partial charge on any atom is 0.244 e. The first-order valence-corrected chi connectivity index (χ1v) is 9.16. The van der Waals surface area contributed by atoms with Crippen LogP contribution in [0, 0.1) is 6.92 Å². The molecule has 1 aromatic carbocycles. The summed E-state index contributed by atoms with van der Waals surface area (Å²) in [6.07, 6.45) is 3.32. The molecule has 1 heterocycles. The molecule has 1 aromatic heterocycles. The molecule has 0 saturated carbocycles. The van der Waals surface area contributed by atoms with Crippen molar-refractivity contribution in [3.8, 4) is 0 Å². The minimum atomic E-state index is -3.58. The predicted octanol–water partition coefficient (Wildman–Crippen LogP) is 3.74. The number of aromatic nitrogens is 1. The third-order valence-corrected chi connectivity index (χ3v) is 6.65. The zero-order valence-corrected chi connectivity index (χ0v) is 15.5. The van der Waals surface area contributed by atoms with E-state index in [1.165, 1.54) is 4.31 Å². The largest absolute Gasteiger partial charge is 0.264 e. The molecular formula is C14H14Br2N2O2S. The Bertz CT molecular complexity index is 749. The second-order valence-corrected chi connectivity index (χ2v) is 8.38. The number of aryl methyl sites for hydroxylation is 1. The fraction of sp³-hybridized carbons (Fsp3) is 0.214. The van der Waals surface area contributed by atoms with Gasteiger partial charge in [0.1, 0.15) is 0 Å². The quantitative estimate of drug-likeness (QED) is 0.737. The van der Waals surface area contributed by atoms with Crippen molar-refractivity contribution in [2.75, 3.05) is 7.05 Å². The monoisotopic (exact) mass is 432 g/mol. The van der Waals surface area contributed by atoms with Crippen molar-refractivity contribution in [3.05, 3.63) is 56.7 Å². The maximum absolute atomic E-state index is 12.7. The van der Waals surface area contributed by atoms with Gasteiger partial charge in [0, 0.05) is 34.9 Å². The van der Waals surface area contributed by atoms with Crippen LogP contribution in [0.3, 0.4) is 0 Å². The Morgan fingerprint density at radius 2 is 1.95 bits per heavy atom. The highest BCUT2D eigenvalue weighted by atomic mass is 79.9. The molecule has 0 bridgehead atoms. The molecule has 0 saturated heterocycles. The lowest BCUT2D eigenvalue weighted by Crippen LogP contribution is -2.27. The van der Waals surface area contributed by atoms with Crippen molar-refractivity contribution in [2.45, 2.75) is 18.4 Å². The number of nitrogens with zero attached hydrogens (tertiary/aromatic N) is 2. The van der Waals surface area contributed by atoms with Crippen molar-refractivity contribution >= 4 is 41.9 Å². The van der Waals surface area contributed by atoms with E-state index in [1.54, 1.807) is 37.6 Å². The molecule has 2 aromatic rings. The molecule has 0 unspecified atom stereocenters. The third kappa shape index (κ3) is 3.71. The molecule has 0 aliphatic rings. The van der Waals surface area contributed by atoms with Crippen LogP contribution in [-0.4, -0.2) is 24.8 Å². The van der Waals surface area contributed by atoms with Gasteiger partial charge in [0.2, 0.25) is 10.0 Å². The Hall–Kier alpha value is -0.760. The summed E-state index contributed by atoms with van der Waals surface area (Å²) < 4.78 is 28.0. The molecular weight excluding hydrogens is 420 g/mol. The molecule has 0 fully saturated rings. The van der Waals surface area contributed by atoms with Crippen molar-refractivity contribution in [1.82, 2.24) is 9.29 Å². The number of halogens is 2. The van der Waals surface area contributed by atoms with E-state index in [2.05, 4.69) is 36.8 Å². The van der Waals surface area contributed by atoms with Crippen molar-refractivity contribution < 1.29 is 8.42 Å². The van der Waals surface area contributed by atoms with Gasteiger partial charge in [0.05, 0.1) is 4.90 Å². The van der Waals surface area contributed by atoms with E-state index in [0.29, 0.717) is 4.47 Å². The average molecular weight is 434 g/mol. The van der Waals surface area contributed by atoms with Gasteiger partial charge < -0.3 is 0 Å². The smallest absolute Gasteiger partial charge is 0.244 e. The van der Waals surface area contributed by atoms with E-state index in [9.17, 15) is 8.42 Å². The van der Waals surface area contributed by atoms with Gasteiger partial charge in [-0.1, -0.05) is 22.0 Å². The van der Waals surface area contributed by atoms with Crippen LogP contribution >= 0.6 is 31.9 Å². The second-order valence-electron chi connectivity index (χ2n) is 4.65. The zero-order chi connectivity index (χ0) is 15.6. The summed E-state index contributed by atoms with van der Waals surface area (Å²) in [7, 11) is -2.02. The highest BCUT2D eigenvalue weighted by molar-refractivity contribution is 9.11. The van der Waals surface area contributed by atoms with Crippen LogP contribution in [0.4, 0.5) is 0 Å². The Balaban J connectivity index is 2.36. The highest BCUT2D eigenvalue weighted by Gasteiger charge is 2.24. The summed E-state index contributed by atoms with van der Waals surface area (Å²) in [5.41, 5.74) is 1.81. The number of benzene rings is 1. The van der Waals surface area contributed by atoms with Gasteiger partial charge in [0.15, 0.2) is 0 Å². The first-order valence-electron chi connectivity index (χ1n) is 6.13. The number of sulfonamides is 1. The summed E-state index contributed by atoms with van der Waals surface area (Å²) in [5, 5.41) is 0. The van der Waals surface area contributed by atoms with E-state index in [1.807, 2.05) is 13.0 Å². The van der Waals surface area contributed by atoms with Crippen molar-refractivity contribution in [3.63, 3.8) is 0 Å². The molecule has 0 aliphatic carbocycles. The van der Waals surface area contributed by atoms with E-state index in [4.69, 9.17) is 0 Å². The van der Waals surface area contributed by atoms with Gasteiger partial charge in [-0.15, -0.1) is 0 Å². The minimum Gasteiger partial charge on any atom is -0.264 e. The van der Waals surface area contributed by atoms with E-state index < -0.39 is 10.0 Å². The van der Waals surface area contributed by atoms with Gasteiger partial charge in [-0.3, -0.25) is 4.98 Å². The van der Waals surface area contributed by atoms with Gasteiger partial charge in [0.25, 0.3) is 0 Å². The van der Waals surface area contributed by atoms with Crippen molar-refractivity contribution in [2.24, 2.45) is 0 Å². The zero-order valence-electron chi connectivity index (χ0n) is 11.5. The lowest BCUT2D eigenvalue weighted by Gasteiger charge is -2.18. The lowest BCUT2D eigenvalue weighted by atomic mass is 10.2. The number of rotatable bonds is 4. The maximum atomic E-state index is 12.7. The second kappa shape index (κ2) is 6.56. The van der Waals surface area contributed by atoms with Crippen LogP contribution in [0.5, 0.6) is 0 Å². The van der Waals surface area contributed by atoms with Gasteiger partial charge in [-0.05, 0) is 52.2 Å². The van der Waals surface area contributed by atoms with Crippen LogP contribution in [0.1, 0.15) is 11.1 Å². The van der Waals surface area contributed by atoms with Crippen LogP contribution in [0.25, 0.3) is 0 Å². The summed E-state index contributed by atoms with van der Waals surface area (Å²) in [6, 6.07) is 7.04. The van der Waals surface area contributed by atoms with Crippen LogP contribution in [0.15, 0.2) is 50.5 Å². The molecule has 112 valence electrons. The van der Waals surface area contributed by atoms with E-state index >= 15 is 0 Å². The molecule has 0 aliphatic heterocycles. The van der Waals surface area contributed by atoms with E-state index in [-0.39, 0.29) is 11.4 Å². The molecule has 7 heteroatoms. The van der Waals surface area contributed by atoms with Gasteiger partial charge in [-0.25, -0.2) is 8.42 Å². The third-order valence-electron chi connectivity index (χ3n) is 3.03. The number of pyridine rings is 1. The minimum absolute atomic E-state index is 0.242. The van der Waals surface area contributed by atoms with Crippen LogP contribution in [-0.2, 0) is 16.6 Å². The average Bonchev–Trinajstić information content (AvgIpc) is 2.43. The standard InChI is InChI=1S/C14H14Br2N2O2S/c1-10-6-13(16)14(7-12(10)15)21(19,20)18(2)9-11-4-3-5-17-8-11/h3-8H,9H2,1-2H3. The summed E-state index contributed by atoms with van der Waals surface area (Å²) in [4.78, 5) is 4.24. The molecule has 0 radical (unpaired) electrons. The first-order chi connectivity index (χ1) is 9.82. The van der Waals surface area contributed by atoms with Gasteiger partial charge >= 0.3 is 0 Å². The Labute approximate surface area is 141 Å². The molecule has 0 atom stereocenters. The topological polar surface area (TPSA) is 50.3 Å². The fourth-order valence-electron chi connectivity index (χ4n) is 1.83. The summed E-state index contributed by atoms with van der Waals surface area (Å²) >= 11 is 6.71. The Morgan fingerprint density at radius 1 is 1.24 bits per heavy atom. The molecule has 21 heavy (non-hydrogen) atoms. The van der Waals surface area contributed by atoms with Gasteiger partial charge in [-0.2, -0.15) is 4.31 Å². The Morgan fingerprint density at radius 3 is 2.57 bits per heavy atom. The van der Waals surface area contributed by atoms with Crippen molar-refractivity contribution in [1.29, 1.82) is 0 Å². The lowest BCUT2D eigenvalue weighted by molar-refractivity contribution is 0.466. The molecule has 2 rings (SSSR count). The van der Waals surface area contributed by atoms with E-state index in [0.717, 1.165) is 15.6 Å². The van der Waals surface area contributed by atoms with Crippen LogP contribution in [0.2, 0.25) is 0 Å². The number of hydrogen-bond acceptors (Lipinski definition) is 3. The SMILES string of the molecule is Cc1cc(Br)c(S(=O)(=O)N(C)Cc2cccnc2)cc1Br. The normalized spacial score (nSPS) is 11.9. The molecule has 0 spiro atoms. The molecule has 0 N–H and O–H groups in total. The molecule has 0 amide bonds. The highest BCUT2D eigenvalue weighted by Crippen LogP contribution is 2.30.